The van der Waals surface area contributed by atoms with E-state index >= 15 is 0 Å². The number of hydrogen-bond donors (Lipinski definition) is 2. The van der Waals surface area contributed by atoms with Gasteiger partial charge in [0.1, 0.15) is 0 Å². The summed E-state index contributed by atoms with van der Waals surface area (Å²) in [6.07, 6.45) is 3.23. The molecule has 0 heterocycles. The standard InChI is InChI=1S/C21H24N2O3/c1-23(19-9-5-8-18(19)16-6-3-2-4-7-16)21(26)22-14-15-10-12-17(13-11-15)20(24)25/h2-4,6-7,10-13,18-19H,5,8-9,14H2,1H3,(H,22,26)(H,24,25). The number of carbonyl (C=O) groups excluding carboxylic acids is 1. The van der Waals surface area contributed by atoms with Crippen LogP contribution in [0.4, 0.5) is 4.79 Å². The monoisotopic (exact) mass is 352 g/mol. The molecule has 2 unspecified atom stereocenters. The van der Waals surface area contributed by atoms with Crippen LogP contribution in [-0.2, 0) is 6.54 Å². The molecule has 0 spiro atoms. The molecule has 2 atom stereocenters. The molecular weight excluding hydrogens is 328 g/mol. The van der Waals surface area contributed by atoms with Gasteiger partial charge in [0, 0.05) is 25.6 Å². The maximum Gasteiger partial charge on any atom is 0.335 e. The van der Waals surface area contributed by atoms with Crippen LogP contribution in [0.15, 0.2) is 54.6 Å². The Morgan fingerprint density at radius 2 is 1.77 bits per heavy atom. The molecule has 2 aromatic rings. The van der Waals surface area contributed by atoms with Gasteiger partial charge < -0.3 is 15.3 Å². The predicted molar refractivity (Wildman–Crippen MR) is 100 cm³/mol. The van der Waals surface area contributed by atoms with E-state index < -0.39 is 5.97 Å². The molecule has 2 amide bonds. The largest absolute Gasteiger partial charge is 0.478 e. The Morgan fingerprint density at radius 1 is 1.08 bits per heavy atom. The third-order valence-corrected chi connectivity index (χ3v) is 5.17. The van der Waals surface area contributed by atoms with Gasteiger partial charge in [0.15, 0.2) is 0 Å². The lowest BCUT2D eigenvalue weighted by Crippen LogP contribution is -2.44. The van der Waals surface area contributed by atoms with E-state index in [0.717, 1.165) is 24.8 Å². The first-order valence-corrected chi connectivity index (χ1v) is 8.94. The molecule has 1 aliphatic rings. The topological polar surface area (TPSA) is 69.6 Å². The fourth-order valence-corrected chi connectivity index (χ4v) is 3.71. The number of aromatic carboxylic acids is 1. The van der Waals surface area contributed by atoms with Crippen molar-refractivity contribution in [1.82, 2.24) is 10.2 Å². The van der Waals surface area contributed by atoms with Gasteiger partial charge in [-0.15, -0.1) is 0 Å². The molecule has 2 N–H and O–H groups in total. The minimum atomic E-state index is -0.950. The van der Waals surface area contributed by atoms with Crippen molar-refractivity contribution in [2.45, 2.75) is 37.8 Å². The van der Waals surface area contributed by atoms with Crippen LogP contribution in [0.1, 0.15) is 46.7 Å². The number of urea groups is 1. The number of hydrogen-bond acceptors (Lipinski definition) is 2. The SMILES string of the molecule is CN(C(=O)NCc1ccc(C(=O)O)cc1)C1CCCC1c1ccccc1. The molecule has 0 saturated heterocycles. The maximum atomic E-state index is 12.6. The quantitative estimate of drug-likeness (QED) is 0.858. The van der Waals surface area contributed by atoms with Crippen LogP contribution in [0, 0.1) is 0 Å². The van der Waals surface area contributed by atoms with Crippen molar-refractivity contribution in [3.63, 3.8) is 0 Å². The van der Waals surface area contributed by atoms with Crippen LogP contribution in [0.2, 0.25) is 0 Å². The number of carboxylic acid groups (broad SMARTS) is 1. The molecule has 2 aromatic carbocycles. The Hall–Kier alpha value is -2.82. The summed E-state index contributed by atoms with van der Waals surface area (Å²) >= 11 is 0. The summed E-state index contributed by atoms with van der Waals surface area (Å²) in [5.41, 5.74) is 2.41. The Bertz CT molecular complexity index is 759. The molecule has 1 fully saturated rings. The summed E-state index contributed by atoms with van der Waals surface area (Å²) in [7, 11) is 1.86. The van der Waals surface area contributed by atoms with E-state index in [0.29, 0.717) is 12.5 Å². The lowest BCUT2D eigenvalue weighted by molar-refractivity contribution is 0.0697. The van der Waals surface area contributed by atoms with E-state index in [1.54, 1.807) is 24.3 Å². The second-order valence-corrected chi connectivity index (χ2v) is 6.79. The zero-order valence-corrected chi connectivity index (χ0v) is 14.9. The number of likely N-dealkylation sites (N-methyl/N-ethyl adjacent to an activating group) is 1. The van der Waals surface area contributed by atoms with E-state index in [-0.39, 0.29) is 17.6 Å². The van der Waals surface area contributed by atoms with E-state index in [2.05, 4.69) is 17.4 Å². The zero-order chi connectivity index (χ0) is 18.5. The smallest absolute Gasteiger partial charge is 0.335 e. The fraction of sp³-hybridized carbons (Fsp3) is 0.333. The lowest BCUT2D eigenvalue weighted by atomic mass is 9.93. The summed E-state index contributed by atoms with van der Waals surface area (Å²) < 4.78 is 0. The Balaban J connectivity index is 1.59. The van der Waals surface area contributed by atoms with Gasteiger partial charge in [0.25, 0.3) is 0 Å². The summed E-state index contributed by atoms with van der Waals surface area (Å²) in [5, 5.41) is 11.9. The van der Waals surface area contributed by atoms with Crippen LogP contribution in [-0.4, -0.2) is 35.1 Å². The van der Waals surface area contributed by atoms with E-state index in [1.807, 2.05) is 30.1 Å². The molecule has 0 aliphatic heterocycles. The molecule has 3 rings (SSSR count). The average molecular weight is 352 g/mol. The summed E-state index contributed by atoms with van der Waals surface area (Å²) in [5.74, 6) is -0.574. The Labute approximate surface area is 153 Å². The number of carbonyl (C=O) groups is 2. The summed E-state index contributed by atoms with van der Waals surface area (Å²) in [6.45, 7) is 0.381. The van der Waals surface area contributed by atoms with Crippen molar-refractivity contribution < 1.29 is 14.7 Å². The maximum absolute atomic E-state index is 12.6. The number of nitrogens with one attached hydrogen (secondary N) is 1. The normalized spacial score (nSPS) is 19.1. The first kappa shape index (κ1) is 18.0. The van der Waals surface area contributed by atoms with E-state index in [4.69, 9.17) is 5.11 Å². The van der Waals surface area contributed by atoms with Gasteiger partial charge >= 0.3 is 12.0 Å². The number of amides is 2. The van der Waals surface area contributed by atoms with Crippen molar-refractivity contribution in [3.8, 4) is 0 Å². The molecule has 5 heteroatoms. The highest BCUT2D eigenvalue weighted by atomic mass is 16.4. The minimum absolute atomic E-state index is 0.0971. The summed E-state index contributed by atoms with van der Waals surface area (Å²) in [6, 6.07) is 17.0. The van der Waals surface area contributed by atoms with Gasteiger partial charge in [0.05, 0.1) is 5.56 Å². The van der Waals surface area contributed by atoms with Crippen molar-refractivity contribution in [3.05, 3.63) is 71.3 Å². The Morgan fingerprint density at radius 3 is 2.42 bits per heavy atom. The molecule has 5 nitrogen and oxygen atoms in total. The lowest BCUT2D eigenvalue weighted by Gasteiger charge is -2.30. The minimum Gasteiger partial charge on any atom is -0.478 e. The number of carboxylic acids is 1. The second kappa shape index (κ2) is 8.04. The van der Waals surface area contributed by atoms with Crippen LogP contribution in [0.3, 0.4) is 0 Å². The number of benzene rings is 2. The van der Waals surface area contributed by atoms with Crippen LogP contribution in [0.25, 0.3) is 0 Å². The van der Waals surface area contributed by atoms with Crippen LogP contribution < -0.4 is 5.32 Å². The highest BCUT2D eigenvalue weighted by Gasteiger charge is 2.33. The van der Waals surface area contributed by atoms with Gasteiger partial charge in [0.2, 0.25) is 0 Å². The molecular formula is C21H24N2O3. The van der Waals surface area contributed by atoms with Crippen molar-refractivity contribution >= 4 is 12.0 Å². The van der Waals surface area contributed by atoms with Gasteiger partial charge in [-0.2, -0.15) is 0 Å². The highest BCUT2D eigenvalue weighted by Crippen LogP contribution is 2.37. The van der Waals surface area contributed by atoms with Crippen LogP contribution >= 0.6 is 0 Å². The molecule has 0 radical (unpaired) electrons. The molecule has 0 aromatic heterocycles. The average Bonchev–Trinajstić information content (AvgIpc) is 3.16. The van der Waals surface area contributed by atoms with Gasteiger partial charge in [-0.3, -0.25) is 0 Å². The predicted octanol–water partition coefficient (Wildman–Crippen LogP) is 3.86. The number of nitrogens with zero attached hydrogens (tertiary/aromatic N) is 1. The van der Waals surface area contributed by atoms with Crippen LogP contribution in [0.5, 0.6) is 0 Å². The molecule has 1 saturated carbocycles. The first-order chi connectivity index (χ1) is 12.6. The van der Waals surface area contributed by atoms with Gasteiger partial charge in [-0.25, -0.2) is 9.59 Å². The van der Waals surface area contributed by atoms with Crippen molar-refractivity contribution in [2.75, 3.05) is 7.05 Å². The van der Waals surface area contributed by atoms with Crippen molar-refractivity contribution in [2.24, 2.45) is 0 Å². The van der Waals surface area contributed by atoms with Gasteiger partial charge in [-0.05, 0) is 36.1 Å². The fourth-order valence-electron chi connectivity index (χ4n) is 3.71. The molecule has 0 bridgehead atoms. The molecule has 1 aliphatic carbocycles. The van der Waals surface area contributed by atoms with E-state index in [9.17, 15) is 9.59 Å². The second-order valence-electron chi connectivity index (χ2n) is 6.79. The molecule has 136 valence electrons. The third-order valence-electron chi connectivity index (χ3n) is 5.17. The molecule has 26 heavy (non-hydrogen) atoms. The van der Waals surface area contributed by atoms with Crippen molar-refractivity contribution in [1.29, 1.82) is 0 Å². The third kappa shape index (κ3) is 4.04. The number of rotatable bonds is 5. The van der Waals surface area contributed by atoms with E-state index in [1.165, 1.54) is 5.56 Å². The highest BCUT2D eigenvalue weighted by molar-refractivity contribution is 5.87. The zero-order valence-electron chi connectivity index (χ0n) is 14.9. The first-order valence-electron chi connectivity index (χ1n) is 8.94. The van der Waals surface area contributed by atoms with Gasteiger partial charge in [-0.1, -0.05) is 48.9 Å². The summed E-state index contributed by atoms with van der Waals surface area (Å²) in [4.78, 5) is 25.3. The Kier molecular flexibility index (Phi) is 5.56.